The van der Waals surface area contributed by atoms with Crippen LogP contribution in [0, 0.1) is 0 Å². The molecule has 0 aromatic heterocycles. The maximum absolute atomic E-state index is 12.1. The van der Waals surface area contributed by atoms with E-state index in [1.807, 2.05) is 56.3 Å². The molecule has 6 nitrogen and oxygen atoms in total. The van der Waals surface area contributed by atoms with Crippen molar-refractivity contribution in [2.75, 3.05) is 32.1 Å². The van der Waals surface area contributed by atoms with Crippen molar-refractivity contribution in [3.8, 4) is 11.5 Å². The molecular formula is C22H26N2O4S. The van der Waals surface area contributed by atoms with Gasteiger partial charge >= 0.3 is 0 Å². The van der Waals surface area contributed by atoms with Crippen LogP contribution in [0.2, 0.25) is 0 Å². The number of benzene rings is 2. The molecule has 0 bridgehead atoms. The third kappa shape index (κ3) is 5.68. The van der Waals surface area contributed by atoms with Gasteiger partial charge in [-0.25, -0.2) is 0 Å². The molecule has 1 fully saturated rings. The molecule has 0 saturated carbocycles. The number of hydrogen-bond acceptors (Lipinski definition) is 5. The molecule has 1 heterocycles. The zero-order chi connectivity index (χ0) is 20.8. The lowest BCUT2D eigenvalue weighted by Crippen LogP contribution is -2.47. The molecule has 1 saturated heterocycles. The summed E-state index contributed by atoms with van der Waals surface area (Å²) in [6.07, 6.45) is 0.258. The number of para-hydroxylation sites is 1. The molecule has 1 amide bonds. The number of carbonyl (C=O) groups is 1. The van der Waals surface area contributed by atoms with Gasteiger partial charge < -0.3 is 24.4 Å². The summed E-state index contributed by atoms with van der Waals surface area (Å²) >= 11 is 5.69. The molecule has 1 aliphatic heterocycles. The number of anilines is 1. The van der Waals surface area contributed by atoms with Gasteiger partial charge in [0.25, 0.3) is 5.91 Å². The summed E-state index contributed by atoms with van der Waals surface area (Å²) in [4.78, 5) is 15.0. The van der Waals surface area contributed by atoms with E-state index in [1.54, 1.807) is 13.2 Å². The molecule has 0 aliphatic carbocycles. The smallest absolute Gasteiger partial charge is 0.262 e. The highest BCUT2D eigenvalue weighted by Crippen LogP contribution is 2.29. The topological polar surface area (TPSA) is 60.0 Å². The fourth-order valence-electron chi connectivity index (χ4n) is 3.31. The van der Waals surface area contributed by atoms with E-state index in [-0.39, 0.29) is 24.7 Å². The highest BCUT2D eigenvalue weighted by molar-refractivity contribution is 7.80. The van der Waals surface area contributed by atoms with Crippen LogP contribution in [0.4, 0.5) is 5.69 Å². The Hall–Kier alpha value is -2.64. The number of ether oxygens (including phenoxy) is 3. The number of carbonyl (C=O) groups excluding carboxylic acids is 1. The average Bonchev–Trinajstić information content (AvgIpc) is 2.71. The van der Waals surface area contributed by atoms with Crippen molar-refractivity contribution in [3.63, 3.8) is 0 Å². The number of hydrogen-bond donors (Lipinski definition) is 1. The highest BCUT2D eigenvalue weighted by atomic mass is 32.1. The lowest BCUT2D eigenvalue weighted by Gasteiger charge is -2.37. The molecule has 1 N–H and O–H groups in total. The molecule has 7 heteroatoms. The Morgan fingerprint density at radius 3 is 2.48 bits per heavy atom. The summed E-state index contributed by atoms with van der Waals surface area (Å²) in [5.41, 5.74) is 1.60. The van der Waals surface area contributed by atoms with Crippen molar-refractivity contribution in [1.29, 1.82) is 0 Å². The summed E-state index contributed by atoms with van der Waals surface area (Å²) in [5, 5.41) is 2.79. The van der Waals surface area contributed by atoms with Crippen LogP contribution in [0.15, 0.2) is 48.5 Å². The van der Waals surface area contributed by atoms with E-state index in [0.717, 1.165) is 29.3 Å². The fraction of sp³-hybridized carbons (Fsp3) is 0.364. The first-order valence-corrected chi connectivity index (χ1v) is 9.97. The molecule has 0 radical (unpaired) electrons. The van der Waals surface area contributed by atoms with E-state index < -0.39 is 0 Å². The number of thiocarbonyl (C=S) groups is 1. The van der Waals surface area contributed by atoms with Crippen LogP contribution >= 0.6 is 12.2 Å². The first-order valence-electron chi connectivity index (χ1n) is 9.56. The van der Waals surface area contributed by atoms with Crippen molar-refractivity contribution in [2.45, 2.75) is 26.1 Å². The summed E-state index contributed by atoms with van der Waals surface area (Å²) < 4.78 is 16.9. The molecule has 0 spiro atoms. The Labute approximate surface area is 176 Å². The molecule has 29 heavy (non-hydrogen) atoms. The Morgan fingerprint density at radius 1 is 1.14 bits per heavy atom. The van der Waals surface area contributed by atoms with Gasteiger partial charge in [-0.2, -0.15) is 0 Å². The zero-order valence-electron chi connectivity index (χ0n) is 16.9. The Bertz CT molecular complexity index is 849. The van der Waals surface area contributed by atoms with E-state index in [9.17, 15) is 4.79 Å². The van der Waals surface area contributed by atoms with Crippen LogP contribution in [-0.2, 0) is 9.53 Å². The van der Waals surface area contributed by atoms with Gasteiger partial charge in [0.2, 0.25) is 0 Å². The second kappa shape index (κ2) is 9.71. The van der Waals surface area contributed by atoms with Crippen molar-refractivity contribution < 1.29 is 19.0 Å². The highest BCUT2D eigenvalue weighted by Gasteiger charge is 2.25. The number of nitrogens with one attached hydrogen (secondary N) is 1. The largest absolute Gasteiger partial charge is 0.493 e. The molecular weight excluding hydrogens is 388 g/mol. The third-order valence-electron chi connectivity index (χ3n) is 4.53. The first-order chi connectivity index (χ1) is 14.0. The SMILES string of the molecule is COc1cc(C(=S)N2C[C@H](C)O[C@@H](C)C2)ccc1OCC(=O)Nc1ccccc1. The van der Waals surface area contributed by atoms with Gasteiger partial charge in [0.05, 0.1) is 19.3 Å². The Kier molecular flexibility index (Phi) is 7.06. The number of methoxy groups -OCH3 is 1. The molecule has 2 aromatic carbocycles. The monoisotopic (exact) mass is 414 g/mol. The summed E-state index contributed by atoms with van der Waals surface area (Å²) in [5.74, 6) is 0.784. The summed E-state index contributed by atoms with van der Waals surface area (Å²) in [6, 6.07) is 14.8. The minimum absolute atomic E-state index is 0.118. The second-order valence-corrected chi connectivity index (χ2v) is 7.42. The van der Waals surface area contributed by atoms with Crippen molar-refractivity contribution >= 4 is 28.8 Å². The van der Waals surface area contributed by atoms with Crippen LogP contribution in [0.1, 0.15) is 19.4 Å². The average molecular weight is 415 g/mol. The van der Waals surface area contributed by atoms with Crippen molar-refractivity contribution in [3.05, 3.63) is 54.1 Å². The number of rotatable bonds is 6. The molecule has 154 valence electrons. The molecule has 2 aromatic rings. The van der Waals surface area contributed by atoms with Crippen molar-refractivity contribution in [1.82, 2.24) is 4.90 Å². The molecule has 0 unspecified atom stereocenters. The summed E-state index contributed by atoms with van der Waals surface area (Å²) in [6.45, 7) is 5.48. The third-order valence-corrected chi connectivity index (χ3v) is 5.03. The van der Waals surface area contributed by atoms with Gasteiger partial charge in [-0.15, -0.1) is 0 Å². The maximum Gasteiger partial charge on any atom is 0.262 e. The quantitative estimate of drug-likeness (QED) is 0.730. The summed E-state index contributed by atoms with van der Waals surface area (Å²) in [7, 11) is 1.57. The zero-order valence-corrected chi connectivity index (χ0v) is 17.7. The Balaban J connectivity index is 1.64. The van der Waals surface area contributed by atoms with Crippen molar-refractivity contribution in [2.24, 2.45) is 0 Å². The minimum atomic E-state index is -0.242. The second-order valence-electron chi connectivity index (χ2n) is 7.04. The van der Waals surface area contributed by atoms with E-state index in [1.165, 1.54) is 0 Å². The molecule has 2 atom stereocenters. The predicted octanol–water partition coefficient (Wildman–Crippen LogP) is 3.50. The maximum atomic E-state index is 12.1. The van der Waals surface area contributed by atoms with Gasteiger partial charge in [0, 0.05) is 24.3 Å². The number of nitrogens with zero attached hydrogens (tertiary/aromatic N) is 1. The minimum Gasteiger partial charge on any atom is -0.493 e. The molecule has 1 aliphatic rings. The number of amides is 1. The normalized spacial score (nSPS) is 18.8. The fourth-order valence-corrected chi connectivity index (χ4v) is 3.58. The van der Waals surface area contributed by atoms with E-state index in [0.29, 0.717) is 11.5 Å². The van der Waals surface area contributed by atoms with Crippen LogP contribution in [0.5, 0.6) is 11.5 Å². The van der Waals surface area contributed by atoms with Crippen LogP contribution in [0.3, 0.4) is 0 Å². The van der Waals surface area contributed by atoms with Crippen LogP contribution in [-0.4, -0.2) is 54.8 Å². The number of morpholine rings is 1. The van der Waals surface area contributed by atoms with Gasteiger partial charge in [0.1, 0.15) is 4.99 Å². The van der Waals surface area contributed by atoms with E-state index >= 15 is 0 Å². The predicted molar refractivity (Wildman–Crippen MR) is 117 cm³/mol. The van der Waals surface area contributed by atoms with Crippen LogP contribution < -0.4 is 14.8 Å². The van der Waals surface area contributed by atoms with E-state index in [4.69, 9.17) is 26.4 Å². The van der Waals surface area contributed by atoms with Gasteiger partial charge in [-0.3, -0.25) is 4.79 Å². The van der Waals surface area contributed by atoms with Gasteiger partial charge in [-0.1, -0.05) is 30.4 Å². The lowest BCUT2D eigenvalue weighted by molar-refractivity contribution is -0.118. The van der Waals surface area contributed by atoms with Crippen LogP contribution in [0.25, 0.3) is 0 Å². The lowest BCUT2D eigenvalue weighted by atomic mass is 10.1. The van der Waals surface area contributed by atoms with E-state index in [2.05, 4.69) is 10.2 Å². The molecule has 3 rings (SSSR count). The van der Waals surface area contributed by atoms with Gasteiger partial charge in [-0.05, 0) is 44.2 Å². The van der Waals surface area contributed by atoms with Gasteiger partial charge in [0.15, 0.2) is 18.1 Å². The first kappa shape index (κ1) is 21.1. The Morgan fingerprint density at radius 2 is 1.83 bits per heavy atom. The standard InChI is InChI=1S/C22H26N2O4S/c1-15-12-24(13-16(2)28-15)22(29)17-9-10-19(20(11-17)26-3)27-14-21(25)23-18-7-5-4-6-8-18/h4-11,15-16H,12-14H2,1-3H3,(H,23,25)/t15-,16-/m0/s1.